The van der Waals surface area contributed by atoms with E-state index in [2.05, 4.69) is 4.99 Å². The number of hydrogen-bond donors (Lipinski definition) is 5. The highest BCUT2D eigenvalue weighted by Crippen LogP contribution is 2.08. The first-order valence-electron chi connectivity index (χ1n) is 4.09. The third kappa shape index (κ3) is 6.32. The van der Waals surface area contributed by atoms with Crippen molar-refractivity contribution in [2.24, 2.45) is 22.2 Å². The lowest BCUT2D eigenvalue weighted by molar-refractivity contribution is -0.162. The van der Waals surface area contributed by atoms with Gasteiger partial charge in [0.1, 0.15) is 0 Å². The van der Waals surface area contributed by atoms with Crippen LogP contribution in [-0.2, 0) is 0 Å². The normalized spacial score (nSPS) is 13.8. The van der Waals surface area contributed by atoms with Gasteiger partial charge in [0.15, 0.2) is 11.7 Å². The monoisotopic (exact) mass is 190 g/mol. The summed E-state index contributed by atoms with van der Waals surface area (Å²) >= 11 is 0. The van der Waals surface area contributed by atoms with Crippen molar-refractivity contribution < 1.29 is 10.2 Å². The average molecular weight is 190 g/mol. The van der Waals surface area contributed by atoms with Crippen LogP contribution in [-0.4, -0.2) is 34.5 Å². The van der Waals surface area contributed by atoms with Gasteiger partial charge in [0.2, 0.25) is 0 Å². The van der Waals surface area contributed by atoms with E-state index in [1.165, 1.54) is 6.92 Å². The lowest BCUT2D eigenvalue weighted by Crippen LogP contribution is -2.45. The molecule has 0 radical (unpaired) electrons. The number of rotatable bonds is 5. The molecule has 0 aliphatic rings. The number of nitrogens with zero attached hydrogens (tertiary/aromatic N) is 1. The molecule has 0 rings (SSSR count). The van der Waals surface area contributed by atoms with Crippen LogP contribution in [0.2, 0.25) is 0 Å². The van der Waals surface area contributed by atoms with Gasteiger partial charge >= 0.3 is 0 Å². The molecular weight excluding hydrogens is 172 g/mol. The van der Waals surface area contributed by atoms with Crippen molar-refractivity contribution >= 4 is 5.96 Å². The van der Waals surface area contributed by atoms with Crippen LogP contribution in [0.1, 0.15) is 19.8 Å². The predicted molar refractivity (Wildman–Crippen MR) is 50.7 cm³/mol. The first-order chi connectivity index (χ1) is 5.84. The molecule has 0 aliphatic carbocycles. The van der Waals surface area contributed by atoms with Crippen LogP contribution in [0.15, 0.2) is 4.99 Å². The standard InChI is InChI=1S/C7H18N4O2/c1-7(12,13)5(8)3-2-4-11-6(9)10/h5,12-13H,2-4,8H2,1H3,(H4,9,10,11)/t5-/m0/s1. The molecule has 0 fully saturated rings. The zero-order chi connectivity index (χ0) is 10.5. The second-order valence-electron chi connectivity index (χ2n) is 3.15. The summed E-state index contributed by atoms with van der Waals surface area (Å²) in [6, 6.07) is -0.679. The van der Waals surface area contributed by atoms with Gasteiger partial charge in [-0.15, -0.1) is 0 Å². The molecule has 78 valence electrons. The summed E-state index contributed by atoms with van der Waals surface area (Å²) in [7, 11) is 0. The summed E-state index contributed by atoms with van der Waals surface area (Å²) in [5, 5.41) is 18.1. The fourth-order valence-electron chi connectivity index (χ4n) is 0.793. The fraction of sp³-hybridized carbons (Fsp3) is 0.857. The van der Waals surface area contributed by atoms with Crippen LogP contribution in [0.3, 0.4) is 0 Å². The van der Waals surface area contributed by atoms with Crippen molar-refractivity contribution in [3.63, 3.8) is 0 Å². The molecule has 6 nitrogen and oxygen atoms in total. The van der Waals surface area contributed by atoms with Gasteiger partial charge in [0.05, 0.1) is 6.04 Å². The van der Waals surface area contributed by atoms with Gasteiger partial charge in [-0.05, 0) is 19.8 Å². The molecule has 0 heterocycles. The first-order valence-corrected chi connectivity index (χ1v) is 4.09. The van der Waals surface area contributed by atoms with Gasteiger partial charge in [0, 0.05) is 6.54 Å². The zero-order valence-electron chi connectivity index (χ0n) is 7.77. The average Bonchev–Trinajstić information content (AvgIpc) is 1.95. The quantitative estimate of drug-likeness (QED) is 0.149. The Morgan fingerprint density at radius 2 is 2.00 bits per heavy atom. The molecule has 0 aromatic carbocycles. The molecule has 0 bridgehead atoms. The molecule has 0 saturated carbocycles. The smallest absolute Gasteiger partial charge is 0.185 e. The summed E-state index contributed by atoms with van der Waals surface area (Å²) < 4.78 is 0. The molecule has 0 aromatic rings. The molecule has 13 heavy (non-hydrogen) atoms. The van der Waals surface area contributed by atoms with E-state index >= 15 is 0 Å². The molecule has 6 heteroatoms. The Kier molecular flexibility index (Phi) is 4.68. The third-order valence-corrected chi connectivity index (χ3v) is 1.67. The number of guanidine groups is 1. The van der Waals surface area contributed by atoms with Crippen molar-refractivity contribution in [2.75, 3.05) is 6.54 Å². The molecule has 0 unspecified atom stereocenters. The third-order valence-electron chi connectivity index (χ3n) is 1.67. The van der Waals surface area contributed by atoms with Gasteiger partial charge < -0.3 is 27.4 Å². The molecule has 1 atom stereocenters. The van der Waals surface area contributed by atoms with Crippen LogP contribution in [0, 0.1) is 0 Å². The van der Waals surface area contributed by atoms with E-state index < -0.39 is 11.8 Å². The second kappa shape index (κ2) is 5.00. The van der Waals surface area contributed by atoms with Crippen molar-refractivity contribution in [1.82, 2.24) is 0 Å². The number of hydrogen-bond acceptors (Lipinski definition) is 4. The highest BCUT2D eigenvalue weighted by atomic mass is 16.5. The van der Waals surface area contributed by atoms with Crippen LogP contribution in [0.25, 0.3) is 0 Å². The minimum atomic E-state index is -1.84. The minimum absolute atomic E-state index is 0.0318. The number of aliphatic imine (C=N–C) groups is 1. The Hall–Kier alpha value is -0.850. The lowest BCUT2D eigenvalue weighted by Gasteiger charge is -2.23. The predicted octanol–water partition coefficient (Wildman–Crippen LogP) is -1.93. The van der Waals surface area contributed by atoms with E-state index in [9.17, 15) is 0 Å². The summed E-state index contributed by atoms with van der Waals surface area (Å²) in [4.78, 5) is 3.73. The molecule has 0 amide bonds. The van der Waals surface area contributed by atoms with E-state index in [1.54, 1.807) is 0 Å². The van der Waals surface area contributed by atoms with Crippen molar-refractivity contribution in [3.05, 3.63) is 0 Å². The van der Waals surface area contributed by atoms with Crippen molar-refractivity contribution in [1.29, 1.82) is 0 Å². The molecule has 0 spiro atoms. The van der Waals surface area contributed by atoms with Crippen LogP contribution < -0.4 is 17.2 Å². The van der Waals surface area contributed by atoms with E-state index in [0.717, 1.165) is 0 Å². The Morgan fingerprint density at radius 3 is 2.38 bits per heavy atom. The lowest BCUT2D eigenvalue weighted by atomic mass is 10.1. The van der Waals surface area contributed by atoms with Gasteiger partial charge in [-0.3, -0.25) is 4.99 Å². The van der Waals surface area contributed by atoms with E-state index in [-0.39, 0.29) is 5.96 Å². The maximum atomic E-state index is 9.04. The molecule has 0 aromatic heterocycles. The van der Waals surface area contributed by atoms with E-state index in [4.69, 9.17) is 27.4 Å². The van der Waals surface area contributed by atoms with Crippen molar-refractivity contribution in [2.45, 2.75) is 31.6 Å². The SMILES string of the molecule is CC(O)(O)[C@@H](N)CCCN=C(N)N. The maximum absolute atomic E-state index is 9.04. The highest BCUT2D eigenvalue weighted by molar-refractivity contribution is 5.75. The Labute approximate surface area is 77.4 Å². The summed E-state index contributed by atoms with van der Waals surface area (Å²) in [5.74, 6) is -1.80. The Balaban J connectivity index is 3.60. The summed E-state index contributed by atoms with van der Waals surface area (Å²) in [6.07, 6.45) is 1.08. The Bertz CT molecular complexity index is 172. The molecular formula is C7H18N4O2. The van der Waals surface area contributed by atoms with Crippen LogP contribution >= 0.6 is 0 Å². The maximum Gasteiger partial charge on any atom is 0.185 e. The van der Waals surface area contributed by atoms with E-state index in [0.29, 0.717) is 19.4 Å². The van der Waals surface area contributed by atoms with Crippen molar-refractivity contribution in [3.8, 4) is 0 Å². The van der Waals surface area contributed by atoms with Gasteiger partial charge in [-0.25, -0.2) is 0 Å². The molecule has 0 aliphatic heterocycles. The molecule has 0 saturated heterocycles. The fourth-order valence-corrected chi connectivity index (χ4v) is 0.793. The Morgan fingerprint density at radius 1 is 1.46 bits per heavy atom. The van der Waals surface area contributed by atoms with Crippen LogP contribution in [0.5, 0.6) is 0 Å². The highest BCUT2D eigenvalue weighted by Gasteiger charge is 2.24. The zero-order valence-corrected chi connectivity index (χ0v) is 7.77. The topological polar surface area (TPSA) is 131 Å². The minimum Gasteiger partial charge on any atom is -0.370 e. The van der Waals surface area contributed by atoms with Gasteiger partial charge in [-0.1, -0.05) is 0 Å². The largest absolute Gasteiger partial charge is 0.370 e. The first kappa shape index (κ1) is 12.2. The summed E-state index contributed by atoms with van der Waals surface area (Å²) in [5.41, 5.74) is 15.6. The number of nitrogens with two attached hydrogens (primary N) is 3. The van der Waals surface area contributed by atoms with E-state index in [1.807, 2.05) is 0 Å². The second-order valence-corrected chi connectivity index (χ2v) is 3.15. The van der Waals surface area contributed by atoms with Crippen LogP contribution in [0.4, 0.5) is 0 Å². The molecule has 8 N–H and O–H groups in total. The summed E-state index contributed by atoms with van der Waals surface area (Å²) in [6.45, 7) is 1.70. The number of aliphatic hydroxyl groups is 2. The van der Waals surface area contributed by atoms with Gasteiger partial charge in [-0.2, -0.15) is 0 Å². The van der Waals surface area contributed by atoms with Gasteiger partial charge in [0.25, 0.3) is 0 Å².